The first-order valence-electron chi connectivity index (χ1n) is 7.76. The van der Waals surface area contributed by atoms with E-state index in [1.807, 2.05) is 0 Å². The largest absolute Gasteiger partial charge is 0.392 e. The van der Waals surface area contributed by atoms with E-state index in [1.54, 1.807) is 9.80 Å². The van der Waals surface area contributed by atoms with Crippen LogP contribution in [0.1, 0.15) is 19.3 Å². The van der Waals surface area contributed by atoms with Gasteiger partial charge in [-0.15, -0.1) is 12.4 Å². The molecule has 0 aromatic rings. The number of piperazine rings is 1. The van der Waals surface area contributed by atoms with Crippen molar-refractivity contribution in [1.29, 1.82) is 0 Å². The molecule has 3 atom stereocenters. The zero-order valence-electron chi connectivity index (χ0n) is 12.6. The van der Waals surface area contributed by atoms with Crippen molar-refractivity contribution < 1.29 is 19.4 Å². The zero-order chi connectivity index (χ0) is 14.8. The fourth-order valence-corrected chi connectivity index (χ4v) is 3.25. The molecule has 3 saturated heterocycles. The number of nitrogens with zero attached hydrogens (tertiary/aromatic N) is 2. The maximum Gasteiger partial charge on any atom is 0.251 e. The van der Waals surface area contributed by atoms with E-state index in [9.17, 15) is 14.7 Å². The Morgan fingerprint density at radius 3 is 2.23 bits per heavy atom. The van der Waals surface area contributed by atoms with Gasteiger partial charge in [0.1, 0.15) is 6.10 Å². The van der Waals surface area contributed by atoms with E-state index in [1.165, 1.54) is 0 Å². The van der Waals surface area contributed by atoms with Crippen LogP contribution in [-0.2, 0) is 14.3 Å². The lowest BCUT2D eigenvalue weighted by Crippen LogP contribution is -2.55. The predicted octanol–water partition coefficient (Wildman–Crippen LogP) is -1.02. The Balaban J connectivity index is 0.00000176. The SMILES string of the molecule is Cl.O=C(C1CC(O)CN1)N1CCN(C(=O)C2CCCO2)CC1. The molecule has 8 heteroatoms. The quantitative estimate of drug-likeness (QED) is 0.676. The van der Waals surface area contributed by atoms with Crippen LogP contribution < -0.4 is 5.32 Å². The molecule has 3 heterocycles. The lowest BCUT2D eigenvalue weighted by molar-refractivity contribution is -0.146. The second-order valence-electron chi connectivity index (χ2n) is 6.00. The number of aliphatic hydroxyl groups excluding tert-OH is 1. The highest BCUT2D eigenvalue weighted by atomic mass is 35.5. The second-order valence-corrected chi connectivity index (χ2v) is 6.00. The maximum atomic E-state index is 12.3. The number of hydrogen-bond donors (Lipinski definition) is 2. The van der Waals surface area contributed by atoms with Crippen LogP contribution in [0, 0.1) is 0 Å². The summed E-state index contributed by atoms with van der Waals surface area (Å²) in [5.41, 5.74) is 0. The number of halogens is 1. The number of hydrogen-bond acceptors (Lipinski definition) is 5. The standard InChI is InChI=1S/C14H23N3O4.ClH/c18-10-8-11(15-9-10)13(19)16-3-5-17(6-4-16)14(20)12-2-1-7-21-12;/h10-12,15,18H,1-9H2;1H. The van der Waals surface area contributed by atoms with E-state index >= 15 is 0 Å². The summed E-state index contributed by atoms with van der Waals surface area (Å²) in [6.45, 7) is 3.41. The van der Waals surface area contributed by atoms with Crippen LogP contribution in [0.3, 0.4) is 0 Å². The van der Waals surface area contributed by atoms with Crippen LogP contribution in [0.2, 0.25) is 0 Å². The molecular formula is C14H24ClN3O4. The summed E-state index contributed by atoms with van der Waals surface area (Å²) >= 11 is 0. The van der Waals surface area contributed by atoms with Crippen molar-refractivity contribution in [2.75, 3.05) is 39.3 Å². The van der Waals surface area contributed by atoms with Crippen molar-refractivity contribution in [3.8, 4) is 0 Å². The molecule has 0 spiro atoms. The molecule has 2 N–H and O–H groups in total. The number of nitrogens with one attached hydrogen (secondary N) is 1. The van der Waals surface area contributed by atoms with Gasteiger partial charge in [-0.05, 0) is 19.3 Å². The first kappa shape index (κ1) is 17.5. The maximum absolute atomic E-state index is 12.3. The van der Waals surface area contributed by atoms with Gasteiger partial charge in [0.05, 0.1) is 12.1 Å². The van der Waals surface area contributed by atoms with Gasteiger partial charge >= 0.3 is 0 Å². The first-order chi connectivity index (χ1) is 10.1. The Labute approximate surface area is 136 Å². The van der Waals surface area contributed by atoms with Crippen LogP contribution >= 0.6 is 12.4 Å². The Hall–Kier alpha value is -0.890. The minimum Gasteiger partial charge on any atom is -0.392 e. The molecule has 3 aliphatic heterocycles. The lowest BCUT2D eigenvalue weighted by Gasteiger charge is -2.36. The zero-order valence-corrected chi connectivity index (χ0v) is 13.4. The predicted molar refractivity (Wildman–Crippen MR) is 81.8 cm³/mol. The van der Waals surface area contributed by atoms with Crippen LogP contribution in [0.4, 0.5) is 0 Å². The summed E-state index contributed by atoms with van der Waals surface area (Å²) < 4.78 is 5.43. The van der Waals surface area contributed by atoms with Gasteiger partial charge in [0.2, 0.25) is 5.91 Å². The second kappa shape index (κ2) is 7.59. The van der Waals surface area contributed by atoms with Gasteiger partial charge in [-0.3, -0.25) is 9.59 Å². The summed E-state index contributed by atoms with van der Waals surface area (Å²) in [6.07, 6.45) is 1.53. The van der Waals surface area contributed by atoms with E-state index in [0.717, 1.165) is 12.8 Å². The van der Waals surface area contributed by atoms with E-state index < -0.39 is 6.10 Å². The molecular weight excluding hydrogens is 310 g/mol. The fourth-order valence-electron chi connectivity index (χ4n) is 3.25. The van der Waals surface area contributed by atoms with Gasteiger partial charge < -0.3 is 25.0 Å². The van der Waals surface area contributed by atoms with Crippen molar-refractivity contribution in [3.63, 3.8) is 0 Å². The Morgan fingerprint density at radius 2 is 1.73 bits per heavy atom. The molecule has 7 nitrogen and oxygen atoms in total. The average molecular weight is 334 g/mol. The average Bonchev–Trinajstić information content (AvgIpc) is 3.17. The molecule has 126 valence electrons. The van der Waals surface area contributed by atoms with Gasteiger partial charge in [0, 0.05) is 39.3 Å². The number of aliphatic hydroxyl groups is 1. The summed E-state index contributed by atoms with van der Waals surface area (Å²) in [5.74, 6) is 0.102. The van der Waals surface area contributed by atoms with Crippen LogP contribution in [0.15, 0.2) is 0 Å². The molecule has 2 amide bonds. The van der Waals surface area contributed by atoms with Crippen LogP contribution in [0.25, 0.3) is 0 Å². The summed E-state index contributed by atoms with van der Waals surface area (Å²) in [5, 5.41) is 12.5. The molecule has 3 unspecified atom stereocenters. The number of carbonyl (C=O) groups is 2. The molecule has 3 fully saturated rings. The lowest BCUT2D eigenvalue weighted by atomic mass is 10.1. The van der Waals surface area contributed by atoms with Crippen LogP contribution in [0.5, 0.6) is 0 Å². The molecule has 0 saturated carbocycles. The van der Waals surface area contributed by atoms with Gasteiger partial charge in [-0.2, -0.15) is 0 Å². The van der Waals surface area contributed by atoms with Crippen molar-refractivity contribution in [2.24, 2.45) is 0 Å². The number of β-amino-alcohol motifs (C(OH)–C–C–N with tert-alkyl or cyclic N) is 1. The molecule has 22 heavy (non-hydrogen) atoms. The molecule has 3 aliphatic rings. The number of carbonyl (C=O) groups excluding carboxylic acids is 2. The Bertz CT molecular complexity index is 409. The third-order valence-electron chi connectivity index (χ3n) is 4.51. The van der Waals surface area contributed by atoms with E-state index in [-0.39, 0.29) is 36.4 Å². The molecule has 0 bridgehead atoms. The Kier molecular flexibility index (Phi) is 6.02. The minimum absolute atomic E-state index is 0. The number of rotatable bonds is 2. The summed E-state index contributed by atoms with van der Waals surface area (Å²) in [4.78, 5) is 28.1. The molecule has 3 rings (SSSR count). The molecule has 0 aromatic carbocycles. The number of amides is 2. The van der Waals surface area contributed by atoms with Crippen molar-refractivity contribution in [3.05, 3.63) is 0 Å². The smallest absolute Gasteiger partial charge is 0.251 e. The van der Waals surface area contributed by atoms with E-state index in [4.69, 9.17) is 4.74 Å². The number of ether oxygens (including phenoxy) is 1. The normalized spacial score (nSPS) is 32.0. The van der Waals surface area contributed by atoms with Crippen LogP contribution in [-0.4, -0.2) is 84.3 Å². The third-order valence-corrected chi connectivity index (χ3v) is 4.51. The highest BCUT2D eigenvalue weighted by Gasteiger charge is 2.35. The monoisotopic (exact) mass is 333 g/mol. The van der Waals surface area contributed by atoms with E-state index in [2.05, 4.69) is 5.32 Å². The van der Waals surface area contributed by atoms with Crippen molar-refractivity contribution in [1.82, 2.24) is 15.1 Å². The van der Waals surface area contributed by atoms with Gasteiger partial charge in [0.15, 0.2) is 0 Å². The van der Waals surface area contributed by atoms with Crippen molar-refractivity contribution >= 4 is 24.2 Å². The Morgan fingerprint density at radius 1 is 1.09 bits per heavy atom. The molecule has 0 aliphatic carbocycles. The van der Waals surface area contributed by atoms with Gasteiger partial charge in [-0.25, -0.2) is 0 Å². The fraction of sp³-hybridized carbons (Fsp3) is 0.857. The minimum atomic E-state index is -0.429. The van der Waals surface area contributed by atoms with Gasteiger partial charge in [-0.1, -0.05) is 0 Å². The van der Waals surface area contributed by atoms with Gasteiger partial charge in [0.25, 0.3) is 5.91 Å². The third kappa shape index (κ3) is 3.71. The highest BCUT2D eigenvalue weighted by molar-refractivity contribution is 5.85. The summed E-state index contributed by atoms with van der Waals surface area (Å²) in [7, 11) is 0. The summed E-state index contributed by atoms with van der Waals surface area (Å²) in [6, 6.07) is -0.277. The van der Waals surface area contributed by atoms with E-state index in [0.29, 0.717) is 45.8 Å². The topological polar surface area (TPSA) is 82.1 Å². The highest BCUT2D eigenvalue weighted by Crippen LogP contribution is 2.17. The first-order valence-corrected chi connectivity index (χ1v) is 7.76. The molecule has 0 aromatic heterocycles. The van der Waals surface area contributed by atoms with Crippen molar-refractivity contribution in [2.45, 2.75) is 37.5 Å². The molecule has 0 radical (unpaired) electrons.